The molecule has 1 heterocycles. The zero-order valence-electron chi connectivity index (χ0n) is 13.3. The van der Waals surface area contributed by atoms with Crippen molar-refractivity contribution in [2.24, 2.45) is 0 Å². The number of hydrogen-bond donors (Lipinski definition) is 0. The molecule has 0 spiro atoms. The fraction of sp³-hybridized carbons (Fsp3) is 0.562. The van der Waals surface area contributed by atoms with Gasteiger partial charge in [0.15, 0.2) is 5.82 Å². The Bertz CT molecular complexity index is 668. The minimum absolute atomic E-state index is 0.143. The van der Waals surface area contributed by atoms with Crippen molar-refractivity contribution in [1.82, 2.24) is 20.2 Å². The van der Waals surface area contributed by atoms with E-state index in [4.69, 9.17) is 0 Å². The molecular formula is C16H22N4OS. The Morgan fingerprint density at radius 3 is 2.45 bits per heavy atom. The van der Waals surface area contributed by atoms with E-state index in [1.807, 2.05) is 4.68 Å². The molecule has 0 N–H and O–H groups in total. The van der Waals surface area contributed by atoms with Crippen molar-refractivity contribution in [2.75, 3.05) is 0 Å². The molecule has 1 fully saturated rings. The summed E-state index contributed by atoms with van der Waals surface area (Å²) in [5, 5.41) is 11.7. The molecule has 1 aromatic heterocycles. The monoisotopic (exact) mass is 318 g/mol. The lowest BCUT2D eigenvalue weighted by Crippen LogP contribution is -2.11. The van der Waals surface area contributed by atoms with Crippen molar-refractivity contribution in [2.45, 2.75) is 56.6 Å². The third-order valence-corrected chi connectivity index (χ3v) is 5.13. The van der Waals surface area contributed by atoms with Crippen LogP contribution in [-0.4, -0.2) is 24.4 Å². The third kappa shape index (κ3) is 3.61. The van der Waals surface area contributed by atoms with E-state index in [2.05, 4.69) is 60.6 Å². The molecule has 2 aromatic rings. The highest BCUT2D eigenvalue weighted by Crippen LogP contribution is 2.34. The molecule has 1 aromatic carbocycles. The Morgan fingerprint density at radius 1 is 1.18 bits per heavy atom. The van der Waals surface area contributed by atoms with E-state index in [9.17, 15) is 4.21 Å². The van der Waals surface area contributed by atoms with Gasteiger partial charge in [0, 0.05) is 16.6 Å². The standard InChI is InChI=1S/C16H22N4OS/c1-16(2,3)13-6-4-12(5-7-13)10-22(21)11-15-17-18-19-20(15)14-8-9-14/h4-7,14H,8-11H2,1-3H3/t22-/m0/s1. The van der Waals surface area contributed by atoms with Gasteiger partial charge < -0.3 is 0 Å². The van der Waals surface area contributed by atoms with Gasteiger partial charge in [0.25, 0.3) is 0 Å². The first-order valence-corrected chi connectivity index (χ1v) is 9.13. The Labute approximate surface area is 133 Å². The highest BCUT2D eigenvalue weighted by molar-refractivity contribution is 7.83. The van der Waals surface area contributed by atoms with Gasteiger partial charge in [-0.15, -0.1) is 5.10 Å². The molecule has 1 aliphatic rings. The highest BCUT2D eigenvalue weighted by Gasteiger charge is 2.28. The van der Waals surface area contributed by atoms with Crippen LogP contribution in [0, 0.1) is 0 Å². The molecule has 0 amide bonds. The van der Waals surface area contributed by atoms with E-state index < -0.39 is 10.8 Å². The van der Waals surface area contributed by atoms with Gasteiger partial charge in [0.1, 0.15) is 0 Å². The van der Waals surface area contributed by atoms with Crippen LogP contribution in [0.15, 0.2) is 24.3 Å². The van der Waals surface area contributed by atoms with Crippen molar-refractivity contribution in [3.05, 3.63) is 41.2 Å². The summed E-state index contributed by atoms with van der Waals surface area (Å²) in [7, 11) is -0.991. The van der Waals surface area contributed by atoms with Gasteiger partial charge in [-0.25, -0.2) is 4.68 Å². The van der Waals surface area contributed by atoms with Crippen molar-refractivity contribution in [1.29, 1.82) is 0 Å². The predicted octanol–water partition coefficient (Wildman–Crippen LogP) is 2.75. The van der Waals surface area contributed by atoms with Gasteiger partial charge >= 0.3 is 0 Å². The average Bonchev–Trinajstić information content (AvgIpc) is 3.19. The second-order valence-electron chi connectivity index (χ2n) is 6.95. The maximum atomic E-state index is 12.4. The van der Waals surface area contributed by atoms with Crippen LogP contribution in [0.3, 0.4) is 0 Å². The molecular weight excluding hydrogens is 296 g/mol. The molecule has 6 heteroatoms. The minimum atomic E-state index is -0.991. The van der Waals surface area contributed by atoms with E-state index in [1.54, 1.807) is 0 Å². The van der Waals surface area contributed by atoms with Crippen LogP contribution in [0.4, 0.5) is 0 Å². The average molecular weight is 318 g/mol. The molecule has 1 saturated carbocycles. The number of benzene rings is 1. The fourth-order valence-electron chi connectivity index (χ4n) is 2.39. The van der Waals surface area contributed by atoms with Crippen molar-refractivity contribution in [3.63, 3.8) is 0 Å². The third-order valence-electron chi connectivity index (χ3n) is 3.89. The first-order valence-electron chi connectivity index (χ1n) is 7.64. The highest BCUT2D eigenvalue weighted by atomic mass is 32.2. The molecule has 1 aliphatic carbocycles. The Kier molecular flexibility index (Phi) is 4.12. The summed E-state index contributed by atoms with van der Waals surface area (Å²) < 4.78 is 14.2. The minimum Gasteiger partial charge on any atom is -0.259 e. The predicted molar refractivity (Wildman–Crippen MR) is 86.8 cm³/mol. The molecule has 0 saturated heterocycles. The molecule has 0 radical (unpaired) electrons. The van der Waals surface area contributed by atoms with Crippen LogP contribution in [0.1, 0.15) is 56.6 Å². The molecule has 22 heavy (non-hydrogen) atoms. The lowest BCUT2D eigenvalue weighted by atomic mass is 9.87. The van der Waals surface area contributed by atoms with Crippen LogP contribution in [0.25, 0.3) is 0 Å². The molecule has 0 bridgehead atoms. The molecule has 5 nitrogen and oxygen atoms in total. The van der Waals surface area contributed by atoms with E-state index in [0.717, 1.165) is 24.2 Å². The Hall–Kier alpha value is -1.56. The smallest absolute Gasteiger partial charge is 0.164 e. The van der Waals surface area contributed by atoms with Crippen LogP contribution in [0.2, 0.25) is 0 Å². The van der Waals surface area contributed by atoms with E-state index in [-0.39, 0.29) is 5.41 Å². The van der Waals surface area contributed by atoms with Gasteiger partial charge in [0.2, 0.25) is 0 Å². The summed E-state index contributed by atoms with van der Waals surface area (Å²) in [5.74, 6) is 1.71. The second kappa shape index (κ2) is 5.91. The van der Waals surface area contributed by atoms with Gasteiger partial charge in [0.05, 0.1) is 11.8 Å². The SMILES string of the molecule is CC(C)(C)c1ccc(C[S@](=O)Cc2nnnn2C2CC2)cc1. The first-order chi connectivity index (χ1) is 10.4. The summed E-state index contributed by atoms with van der Waals surface area (Å²) in [4.78, 5) is 0. The molecule has 3 rings (SSSR count). The summed E-state index contributed by atoms with van der Waals surface area (Å²) in [6.45, 7) is 6.58. The number of hydrogen-bond acceptors (Lipinski definition) is 4. The summed E-state index contributed by atoms with van der Waals surface area (Å²) in [6.07, 6.45) is 2.25. The van der Waals surface area contributed by atoms with Gasteiger partial charge in [-0.3, -0.25) is 4.21 Å². The lowest BCUT2D eigenvalue weighted by Gasteiger charge is -2.19. The topological polar surface area (TPSA) is 60.7 Å². The number of nitrogens with zero attached hydrogens (tertiary/aromatic N) is 4. The zero-order chi connectivity index (χ0) is 15.7. The maximum absolute atomic E-state index is 12.4. The number of aromatic nitrogens is 4. The first kappa shape index (κ1) is 15.3. The largest absolute Gasteiger partial charge is 0.259 e. The molecule has 0 unspecified atom stereocenters. The lowest BCUT2D eigenvalue weighted by molar-refractivity contribution is 0.590. The fourth-order valence-corrected chi connectivity index (χ4v) is 3.54. The maximum Gasteiger partial charge on any atom is 0.164 e. The van der Waals surface area contributed by atoms with Gasteiger partial charge in [-0.05, 0) is 39.8 Å². The number of tetrazole rings is 1. The van der Waals surface area contributed by atoms with Crippen molar-refractivity contribution >= 4 is 10.8 Å². The van der Waals surface area contributed by atoms with Crippen LogP contribution in [-0.2, 0) is 27.7 Å². The summed E-state index contributed by atoms with van der Waals surface area (Å²) in [5.41, 5.74) is 2.53. The quantitative estimate of drug-likeness (QED) is 0.850. The second-order valence-corrected chi connectivity index (χ2v) is 8.40. The number of rotatable bonds is 5. The van der Waals surface area contributed by atoms with Crippen molar-refractivity contribution < 1.29 is 4.21 Å². The van der Waals surface area contributed by atoms with Crippen LogP contribution < -0.4 is 0 Å². The van der Waals surface area contributed by atoms with Crippen LogP contribution >= 0.6 is 0 Å². The Balaban J connectivity index is 1.63. The molecule has 118 valence electrons. The molecule has 0 aliphatic heterocycles. The van der Waals surface area contributed by atoms with E-state index in [1.165, 1.54) is 5.56 Å². The normalized spacial score (nSPS) is 16.7. The summed E-state index contributed by atoms with van der Waals surface area (Å²) >= 11 is 0. The van der Waals surface area contributed by atoms with Gasteiger partial charge in [-0.2, -0.15) is 0 Å². The van der Waals surface area contributed by atoms with E-state index >= 15 is 0 Å². The van der Waals surface area contributed by atoms with Crippen molar-refractivity contribution in [3.8, 4) is 0 Å². The Morgan fingerprint density at radius 2 is 1.86 bits per heavy atom. The van der Waals surface area contributed by atoms with E-state index in [0.29, 0.717) is 17.5 Å². The van der Waals surface area contributed by atoms with Gasteiger partial charge in [-0.1, -0.05) is 45.0 Å². The van der Waals surface area contributed by atoms with Crippen LogP contribution in [0.5, 0.6) is 0 Å². The zero-order valence-corrected chi connectivity index (χ0v) is 14.1. The molecule has 1 atom stereocenters. The summed E-state index contributed by atoms with van der Waals surface area (Å²) in [6, 6.07) is 8.82.